The molecule has 0 saturated carbocycles. The zero-order chi connectivity index (χ0) is 12.3. The molecular weight excluding hydrogens is 230 g/mol. The van der Waals surface area contributed by atoms with Crippen molar-refractivity contribution in [2.24, 2.45) is 0 Å². The first-order chi connectivity index (χ1) is 8.20. The Bertz CT molecular complexity index is 525. The number of hydrogen-bond acceptors (Lipinski definition) is 3. The summed E-state index contributed by atoms with van der Waals surface area (Å²) in [6.45, 7) is 2.04. The van der Waals surface area contributed by atoms with Gasteiger partial charge in [-0.05, 0) is 42.8 Å². The fraction of sp³-hybridized carbons (Fsp3) is 0.143. The predicted octanol–water partition coefficient (Wildman–Crippen LogP) is 3.74. The van der Waals surface area contributed by atoms with Gasteiger partial charge in [0.2, 0.25) is 0 Å². The van der Waals surface area contributed by atoms with Crippen molar-refractivity contribution >= 4 is 17.4 Å². The lowest BCUT2D eigenvalue weighted by Crippen LogP contribution is -1.89. The number of nitrogen functional groups attached to an aromatic ring is 1. The van der Waals surface area contributed by atoms with Crippen molar-refractivity contribution in [2.75, 3.05) is 12.8 Å². The molecule has 0 bridgehead atoms. The molecule has 2 rings (SSSR count). The molecule has 0 spiro atoms. The average molecular weight is 245 g/mol. The summed E-state index contributed by atoms with van der Waals surface area (Å²) >= 11 is 1.67. The van der Waals surface area contributed by atoms with Gasteiger partial charge in [0.05, 0.1) is 7.11 Å². The highest BCUT2D eigenvalue weighted by molar-refractivity contribution is 7.99. The Morgan fingerprint density at radius 1 is 1.12 bits per heavy atom. The Morgan fingerprint density at radius 3 is 2.53 bits per heavy atom. The lowest BCUT2D eigenvalue weighted by atomic mass is 10.2. The van der Waals surface area contributed by atoms with Gasteiger partial charge in [-0.25, -0.2) is 0 Å². The van der Waals surface area contributed by atoms with Gasteiger partial charge in [-0.15, -0.1) is 0 Å². The molecule has 0 aromatic heterocycles. The number of para-hydroxylation sites is 1. The van der Waals surface area contributed by atoms with Crippen LogP contribution < -0.4 is 10.5 Å². The van der Waals surface area contributed by atoms with Crippen molar-refractivity contribution in [1.29, 1.82) is 0 Å². The van der Waals surface area contributed by atoms with Crippen LogP contribution in [0.4, 0.5) is 5.69 Å². The number of ether oxygens (including phenoxy) is 1. The standard InChI is InChI=1S/C14H15NOS/c1-10-9-11(7-8-13(10)16-2)17-14-6-4-3-5-12(14)15/h3-9H,15H2,1-2H3. The molecule has 0 radical (unpaired) electrons. The van der Waals surface area contributed by atoms with E-state index in [0.29, 0.717) is 0 Å². The zero-order valence-electron chi connectivity index (χ0n) is 9.94. The summed E-state index contributed by atoms with van der Waals surface area (Å²) in [5.41, 5.74) is 7.86. The molecule has 2 aromatic carbocycles. The molecule has 88 valence electrons. The number of nitrogens with two attached hydrogens (primary N) is 1. The first kappa shape index (κ1) is 11.9. The molecule has 0 aliphatic heterocycles. The van der Waals surface area contributed by atoms with Crippen LogP contribution in [0.15, 0.2) is 52.3 Å². The van der Waals surface area contributed by atoms with Gasteiger partial charge in [0, 0.05) is 15.5 Å². The highest BCUT2D eigenvalue weighted by atomic mass is 32.2. The van der Waals surface area contributed by atoms with Crippen LogP contribution in [0.3, 0.4) is 0 Å². The van der Waals surface area contributed by atoms with Crippen LogP contribution in [-0.4, -0.2) is 7.11 Å². The highest BCUT2D eigenvalue weighted by Crippen LogP contribution is 2.33. The number of methoxy groups -OCH3 is 1. The molecule has 0 saturated heterocycles. The highest BCUT2D eigenvalue weighted by Gasteiger charge is 2.03. The van der Waals surface area contributed by atoms with Crippen LogP contribution in [0.2, 0.25) is 0 Å². The predicted molar refractivity (Wildman–Crippen MR) is 72.7 cm³/mol. The van der Waals surface area contributed by atoms with E-state index in [9.17, 15) is 0 Å². The maximum absolute atomic E-state index is 5.92. The lowest BCUT2D eigenvalue weighted by Gasteiger charge is -2.08. The van der Waals surface area contributed by atoms with Crippen LogP contribution in [0.5, 0.6) is 5.75 Å². The second-order valence-electron chi connectivity index (χ2n) is 3.77. The number of benzene rings is 2. The number of anilines is 1. The largest absolute Gasteiger partial charge is 0.496 e. The summed E-state index contributed by atoms with van der Waals surface area (Å²) < 4.78 is 5.24. The van der Waals surface area contributed by atoms with Crippen molar-refractivity contribution in [2.45, 2.75) is 16.7 Å². The molecule has 2 aromatic rings. The van der Waals surface area contributed by atoms with Crippen LogP contribution in [0.1, 0.15) is 5.56 Å². The van der Waals surface area contributed by atoms with Gasteiger partial charge >= 0.3 is 0 Å². The molecule has 2 nitrogen and oxygen atoms in total. The van der Waals surface area contributed by atoms with E-state index in [1.165, 1.54) is 4.90 Å². The van der Waals surface area contributed by atoms with E-state index in [1.54, 1.807) is 18.9 Å². The van der Waals surface area contributed by atoms with E-state index in [4.69, 9.17) is 10.5 Å². The average Bonchev–Trinajstić information content (AvgIpc) is 2.32. The Hall–Kier alpha value is -1.61. The molecule has 0 aliphatic carbocycles. The first-order valence-electron chi connectivity index (χ1n) is 5.37. The third kappa shape index (κ3) is 2.74. The number of aryl methyl sites for hydroxylation is 1. The molecule has 0 atom stereocenters. The minimum atomic E-state index is 0.811. The van der Waals surface area contributed by atoms with E-state index in [0.717, 1.165) is 21.9 Å². The molecule has 0 unspecified atom stereocenters. The van der Waals surface area contributed by atoms with Crippen LogP contribution >= 0.6 is 11.8 Å². The summed E-state index contributed by atoms with van der Waals surface area (Å²) in [7, 11) is 1.68. The van der Waals surface area contributed by atoms with Crippen LogP contribution in [-0.2, 0) is 0 Å². The Labute approximate surface area is 106 Å². The first-order valence-corrected chi connectivity index (χ1v) is 6.19. The smallest absolute Gasteiger partial charge is 0.121 e. The quantitative estimate of drug-likeness (QED) is 0.837. The monoisotopic (exact) mass is 245 g/mol. The summed E-state index contributed by atoms with van der Waals surface area (Å²) in [6, 6.07) is 14.0. The molecule has 17 heavy (non-hydrogen) atoms. The molecule has 0 heterocycles. The van der Waals surface area contributed by atoms with Crippen molar-refractivity contribution in [1.82, 2.24) is 0 Å². The van der Waals surface area contributed by atoms with Crippen molar-refractivity contribution in [3.05, 3.63) is 48.0 Å². The van der Waals surface area contributed by atoms with E-state index >= 15 is 0 Å². The summed E-state index contributed by atoms with van der Waals surface area (Å²) in [4.78, 5) is 2.25. The lowest BCUT2D eigenvalue weighted by molar-refractivity contribution is 0.411. The van der Waals surface area contributed by atoms with Gasteiger partial charge in [-0.3, -0.25) is 0 Å². The van der Waals surface area contributed by atoms with Crippen molar-refractivity contribution in [3.8, 4) is 5.75 Å². The number of hydrogen-bond donors (Lipinski definition) is 1. The molecule has 0 fully saturated rings. The number of rotatable bonds is 3. The minimum absolute atomic E-state index is 0.811. The van der Waals surface area contributed by atoms with E-state index in [2.05, 4.69) is 6.07 Å². The SMILES string of the molecule is COc1ccc(Sc2ccccc2N)cc1C. The maximum atomic E-state index is 5.92. The third-order valence-corrected chi connectivity index (χ3v) is 3.59. The zero-order valence-corrected chi connectivity index (χ0v) is 10.8. The van der Waals surface area contributed by atoms with Gasteiger partial charge in [-0.2, -0.15) is 0 Å². The molecule has 3 heteroatoms. The molecular formula is C14H15NOS. The van der Waals surface area contributed by atoms with E-state index < -0.39 is 0 Å². The Balaban J connectivity index is 2.25. The molecule has 0 aliphatic rings. The summed E-state index contributed by atoms with van der Waals surface area (Å²) in [5, 5.41) is 0. The Kier molecular flexibility index (Phi) is 3.59. The van der Waals surface area contributed by atoms with E-state index in [1.807, 2.05) is 43.3 Å². The van der Waals surface area contributed by atoms with Crippen molar-refractivity contribution < 1.29 is 4.74 Å². The summed E-state index contributed by atoms with van der Waals surface area (Å²) in [6.07, 6.45) is 0. The minimum Gasteiger partial charge on any atom is -0.496 e. The fourth-order valence-corrected chi connectivity index (χ4v) is 2.57. The second kappa shape index (κ2) is 5.15. The molecule has 2 N–H and O–H groups in total. The second-order valence-corrected chi connectivity index (χ2v) is 4.89. The van der Waals surface area contributed by atoms with Gasteiger partial charge in [0.25, 0.3) is 0 Å². The normalized spacial score (nSPS) is 10.2. The maximum Gasteiger partial charge on any atom is 0.121 e. The van der Waals surface area contributed by atoms with Gasteiger partial charge < -0.3 is 10.5 Å². The summed E-state index contributed by atoms with van der Waals surface area (Å²) in [5.74, 6) is 0.912. The fourth-order valence-electron chi connectivity index (χ4n) is 1.61. The topological polar surface area (TPSA) is 35.2 Å². The van der Waals surface area contributed by atoms with Gasteiger partial charge in [-0.1, -0.05) is 23.9 Å². The van der Waals surface area contributed by atoms with Crippen molar-refractivity contribution in [3.63, 3.8) is 0 Å². The third-order valence-electron chi connectivity index (χ3n) is 2.51. The Morgan fingerprint density at radius 2 is 1.88 bits per heavy atom. The van der Waals surface area contributed by atoms with Gasteiger partial charge in [0.15, 0.2) is 0 Å². The van der Waals surface area contributed by atoms with Crippen LogP contribution in [0, 0.1) is 6.92 Å². The van der Waals surface area contributed by atoms with Gasteiger partial charge in [0.1, 0.15) is 5.75 Å². The van der Waals surface area contributed by atoms with Crippen LogP contribution in [0.25, 0.3) is 0 Å². The van der Waals surface area contributed by atoms with E-state index in [-0.39, 0.29) is 0 Å². The molecule has 0 amide bonds.